The van der Waals surface area contributed by atoms with Crippen molar-refractivity contribution in [2.24, 2.45) is 0 Å². The Hall–Kier alpha value is -2.73. The van der Waals surface area contributed by atoms with Gasteiger partial charge in [0.05, 0.1) is 31.2 Å². The summed E-state index contributed by atoms with van der Waals surface area (Å²) >= 11 is 1.40. The van der Waals surface area contributed by atoms with Gasteiger partial charge in [-0.05, 0) is 30.7 Å². The predicted octanol–water partition coefficient (Wildman–Crippen LogP) is 4.17. The fraction of sp³-hybridized carbons (Fsp3) is 0.200. The van der Waals surface area contributed by atoms with Gasteiger partial charge >= 0.3 is 0 Å². The van der Waals surface area contributed by atoms with Gasteiger partial charge in [0.1, 0.15) is 11.5 Å². The molecule has 0 aliphatic heterocycles. The number of imidazole rings is 1. The second-order valence-corrected chi connectivity index (χ2v) is 6.59. The van der Waals surface area contributed by atoms with Gasteiger partial charge in [-0.2, -0.15) is 0 Å². The van der Waals surface area contributed by atoms with E-state index in [2.05, 4.69) is 18.0 Å². The second-order valence-electron chi connectivity index (χ2n) is 5.64. The highest BCUT2D eigenvalue weighted by Crippen LogP contribution is 2.28. The molecule has 0 radical (unpaired) electrons. The summed E-state index contributed by atoms with van der Waals surface area (Å²) < 4.78 is 12.5. The third-order valence-corrected chi connectivity index (χ3v) is 4.99. The van der Waals surface area contributed by atoms with Crippen molar-refractivity contribution in [3.63, 3.8) is 0 Å². The Bertz CT molecular complexity index is 921. The maximum absolute atomic E-state index is 12.7. The first kappa shape index (κ1) is 18.1. The number of nitrogens with zero attached hydrogens (tertiary/aromatic N) is 2. The van der Waals surface area contributed by atoms with E-state index in [1.807, 2.05) is 29.0 Å². The molecule has 6 heteroatoms. The quantitative estimate of drug-likeness (QED) is 0.463. The number of carbonyl (C=O) groups is 1. The van der Waals surface area contributed by atoms with Crippen molar-refractivity contribution in [3.8, 4) is 17.2 Å². The normalized spacial score (nSPS) is 10.6. The van der Waals surface area contributed by atoms with E-state index in [1.165, 1.54) is 11.8 Å². The number of ketones is 1. The van der Waals surface area contributed by atoms with Crippen LogP contribution < -0.4 is 9.47 Å². The molecule has 0 atom stereocenters. The lowest BCUT2D eigenvalue weighted by atomic mass is 10.1. The molecular formula is C20H20N2O3S. The van der Waals surface area contributed by atoms with Gasteiger partial charge in [-0.3, -0.25) is 9.36 Å². The molecule has 0 bridgehead atoms. The highest BCUT2D eigenvalue weighted by atomic mass is 32.2. The van der Waals surface area contributed by atoms with Crippen molar-refractivity contribution in [1.82, 2.24) is 9.55 Å². The molecular weight excluding hydrogens is 348 g/mol. The van der Waals surface area contributed by atoms with Crippen LogP contribution in [0.5, 0.6) is 11.5 Å². The summed E-state index contributed by atoms with van der Waals surface area (Å²) in [5.74, 6) is 1.41. The summed E-state index contributed by atoms with van der Waals surface area (Å²) in [6.45, 7) is 2.05. The second kappa shape index (κ2) is 8.10. The third-order valence-electron chi connectivity index (χ3n) is 4.02. The minimum atomic E-state index is -0.0196. The standard InChI is InChI=1S/C20H20N2O3S/c1-14-6-4-5-7-17(14)22-11-10-21-20(22)26-13-18(23)16-9-8-15(24-2)12-19(16)25-3/h4-12H,13H2,1-3H3. The zero-order chi connectivity index (χ0) is 18.5. The summed E-state index contributed by atoms with van der Waals surface area (Å²) in [5, 5.41) is 0.778. The average molecular weight is 368 g/mol. The number of methoxy groups -OCH3 is 2. The monoisotopic (exact) mass is 368 g/mol. The molecule has 1 aromatic heterocycles. The molecule has 1 heterocycles. The number of hydrogen-bond acceptors (Lipinski definition) is 5. The Balaban J connectivity index is 1.78. The van der Waals surface area contributed by atoms with Crippen molar-refractivity contribution in [2.45, 2.75) is 12.1 Å². The minimum Gasteiger partial charge on any atom is -0.497 e. The predicted molar refractivity (Wildman–Crippen MR) is 103 cm³/mol. The van der Waals surface area contributed by atoms with Crippen molar-refractivity contribution in [2.75, 3.05) is 20.0 Å². The van der Waals surface area contributed by atoms with Gasteiger partial charge in [0.2, 0.25) is 0 Å². The van der Waals surface area contributed by atoms with Crippen LogP contribution in [0, 0.1) is 6.92 Å². The van der Waals surface area contributed by atoms with E-state index in [4.69, 9.17) is 9.47 Å². The van der Waals surface area contributed by atoms with Gasteiger partial charge in [-0.15, -0.1) is 0 Å². The maximum atomic E-state index is 12.7. The molecule has 3 aromatic rings. The molecule has 0 fully saturated rings. The van der Waals surface area contributed by atoms with E-state index in [1.54, 1.807) is 38.6 Å². The minimum absolute atomic E-state index is 0.0196. The fourth-order valence-corrected chi connectivity index (χ4v) is 3.50. The van der Waals surface area contributed by atoms with Crippen molar-refractivity contribution < 1.29 is 14.3 Å². The van der Waals surface area contributed by atoms with Crippen LogP contribution in [0.25, 0.3) is 5.69 Å². The van der Waals surface area contributed by atoms with Crippen molar-refractivity contribution in [1.29, 1.82) is 0 Å². The van der Waals surface area contributed by atoms with Gasteiger partial charge in [0.15, 0.2) is 10.9 Å². The van der Waals surface area contributed by atoms with Gasteiger partial charge in [-0.1, -0.05) is 30.0 Å². The molecule has 0 saturated heterocycles. The van der Waals surface area contributed by atoms with Crippen molar-refractivity contribution in [3.05, 3.63) is 66.0 Å². The largest absolute Gasteiger partial charge is 0.497 e. The van der Waals surface area contributed by atoms with E-state index in [-0.39, 0.29) is 11.5 Å². The van der Waals surface area contributed by atoms with Gasteiger partial charge < -0.3 is 9.47 Å². The number of hydrogen-bond donors (Lipinski definition) is 0. The Morgan fingerprint density at radius 1 is 1.15 bits per heavy atom. The van der Waals surface area contributed by atoms with E-state index >= 15 is 0 Å². The maximum Gasteiger partial charge on any atom is 0.176 e. The number of benzene rings is 2. The SMILES string of the molecule is COc1ccc(C(=O)CSc2nccn2-c2ccccc2C)c(OC)c1. The molecule has 0 aliphatic rings. The van der Waals surface area contributed by atoms with Crippen LogP contribution >= 0.6 is 11.8 Å². The molecule has 0 aliphatic carbocycles. The lowest BCUT2D eigenvalue weighted by Gasteiger charge is -2.11. The highest BCUT2D eigenvalue weighted by Gasteiger charge is 2.16. The molecule has 2 aromatic carbocycles. The van der Waals surface area contributed by atoms with Crippen molar-refractivity contribution >= 4 is 17.5 Å². The third kappa shape index (κ3) is 3.75. The van der Waals surface area contributed by atoms with Crippen LogP contribution in [-0.2, 0) is 0 Å². The topological polar surface area (TPSA) is 53.3 Å². The van der Waals surface area contributed by atoms with Crippen LogP contribution in [0.15, 0.2) is 60.0 Å². The zero-order valence-corrected chi connectivity index (χ0v) is 15.7. The van der Waals surface area contributed by atoms with Gasteiger partial charge in [0, 0.05) is 18.5 Å². The molecule has 0 unspecified atom stereocenters. The zero-order valence-electron chi connectivity index (χ0n) is 14.9. The van der Waals surface area contributed by atoms with Crippen LogP contribution in [0.1, 0.15) is 15.9 Å². The molecule has 26 heavy (non-hydrogen) atoms. The summed E-state index contributed by atoms with van der Waals surface area (Å²) in [4.78, 5) is 17.0. The van der Waals surface area contributed by atoms with Crippen LogP contribution in [0.4, 0.5) is 0 Å². The van der Waals surface area contributed by atoms with E-state index < -0.39 is 0 Å². The first-order chi connectivity index (χ1) is 12.6. The Morgan fingerprint density at radius 2 is 1.96 bits per heavy atom. The summed E-state index contributed by atoms with van der Waals surface area (Å²) in [6, 6.07) is 13.3. The summed E-state index contributed by atoms with van der Waals surface area (Å²) in [5.41, 5.74) is 2.74. The number of carbonyl (C=O) groups excluding carboxylic acids is 1. The number of para-hydroxylation sites is 1. The summed E-state index contributed by atoms with van der Waals surface area (Å²) in [7, 11) is 3.13. The average Bonchev–Trinajstić information content (AvgIpc) is 3.14. The lowest BCUT2D eigenvalue weighted by molar-refractivity contribution is 0.101. The fourth-order valence-electron chi connectivity index (χ4n) is 2.65. The van der Waals surface area contributed by atoms with E-state index in [0.717, 1.165) is 16.4 Å². The molecule has 5 nitrogen and oxygen atoms in total. The smallest absolute Gasteiger partial charge is 0.176 e. The first-order valence-corrected chi connectivity index (χ1v) is 9.10. The Labute approximate surface area is 157 Å². The van der Waals surface area contributed by atoms with Crippen LogP contribution in [0.3, 0.4) is 0 Å². The number of rotatable bonds is 7. The number of thioether (sulfide) groups is 1. The summed E-state index contributed by atoms with van der Waals surface area (Å²) in [6.07, 6.45) is 3.65. The van der Waals surface area contributed by atoms with Crippen LogP contribution in [0.2, 0.25) is 0 Å². The Kier molecular flexibility index (Phi) is 5.63. The lowest BCUT2D eigenvalue weighted by Crippen LogP contribution is -2.06. The Morgan fingerprint density at radius 3 is 2.69 bits per heavy atom. The first-order valence-electron chi connectivity index (χ1n) is 8.11. The molecule has 0 N–H and O–H groups in total. The highest BCUT2D eigenvalue weighted by molar-refractivity contribution is 7.99. The molecule has 3 rings (SSSR count). The van der Waals surface area contributed by atoms with Gasteiger partial charge in [-0.25, -0.2) is 4.98 Å². The molecule has 0 saturated carbocycles. The molecule has 0 spiro atoms. The number of aromatic nitrogens is 2. The van der Waals surface area contributed by atoms with E-state index in [0.29, 0.717) is 17.1 Å². The van der Waals surface area contributed by atoms with E-state index in [9.17, 15) is 4.79 Å². The molecule has 0 amide bonds. The number of ether oxygens (including phenoxy) is 2. The molecule has 134 valence electrons. The number of aryl methyl sites for hydroxylation is 1. The number of Topliss-reactive ketones (excluding diaryl/α,β-unsaturated/α-hetero) is 1. The van der Waals surface area contributed by atoms with Crippen LogP contribution in [-0.4, -0.2) is 35.3 Å². The van der Waals surface area contributed by atoms with Gasteiger partial charge in [0.25, 0.3) is 0 Å².